The summed E-state index contributed by atoms with van der Waals surface area (Å²) >= 11 is 0. The second-order valence-corrected chi connectivity index (χ2v) is 5.06. The number of rotatable bonds is 6. The number of benzene rings is 1. The summed E-state index contributed by atoms with van der Waals surface area (Å²) in [5, 5.41) is 2.92. The first-order valence-corrected chi connectivity index (χ1v) is 6.61. The number of sulfonamides is 1. The van der Waals surface area contributed by atoms with Gasteiger partial charge in [0.25, 0.3) is 0 Å². The molecule has 0 spiro atoms. The number of nitrogens with one attached hydrogen (secondary N) is 2. The van der Waals surface area contributed by atoms with Crippen molar-refractivity contribution in [3.8, 4) is 0 Å². The number of halogens is 2. The van der Waals surface area contributed by atoms with Crippen LogP contribution in [0.4, 0.5) is 8.78 Å². The van der Waals surface area contributed by atoms with Crippen LogP contribution in [0.3, 0.4) is 0 Å². The van der Waals surface area contributed by atoms with Gasteiger partial charge < -0.3 is 5.32 Å². The van der Waals surface area contributed by atoms with Gasteiger partial charge in [-0.05, 0) is 18.7 Å². The Morgan fingerprint density at radius 3 is 2.53 bits per heavy atom. The van der Waals surface area contributed by atoms with E-state index in [0.717, 1.165) is 12.1 Å². The molecule has 0 aliphatic heterocycles. The predicted octanol–water partition coefficient (Wildman–Crippen LogP) is 0.853. The molecule has 0 radical (unpaired) electrons. The monoisotopic (exact) mass is 264 g/mol. The molecule has 0 aliphatic carbocycles. The van der Waals surface area contributed by atoms with E-state index in [9.17, 15) is 17.2 Å². The zero-order valence-corrected chi connectivity index (χ0v) is 10.2. The van der Waals surface area contributed by atoms with Crippen molar-refractivity contribution >= 4 is 10.0 Å². The lowest BCUT2D eigenvalue weighted by Crippen LogP contribution is -2.32. The molecule has 1 aromatic rings. The van der Waals surface area contributed by atoms with Gasteiger partial charge in [-0.25, -0.2) is 21.9 Å². The minimum Gasteiger partial charge on any atom is -0.316 e. The molecule has 0 aromatic heterocycles. The van der Waals surface area contributed by atoms with Gasteiger partial charge >= 0.3 is 0 Å². The molecule has 0 bridgehead atoms. The molecule has 0 fully saturated rings. The molecule has 0 saturated heterocycles. The summed E-state index contributed by atoms with van der Waals surface area (Å²) in [6.45, 7) is 3.19. The third-order valence-electron chi connectivity index (χ3n) is 2.03. The SMILES string of the molecule is CCNCCNS(=O)(=O)c1ccc(F)cc1F. The quantitative estimate of drug-likeness (QED) is 0.749. The maximum Gasteiger partial charge on any atom is 0.243 e. The summed E-state index contributed by atoms with van der Waals surface area (Å²) in [6, 6.07) is 2.35. The fourth-order valence-corrected chi connectivity index (χ4v) is 2.31. The summed E-state index contributed by atoms with van der Waals surface area (Å²) in [4.78, 5) is -0.546. The minimum absolute atomic E-state index is 0.146. The molecule has 7 heteroatoms. The third-order valence-corrected chi connectivity index (χ3v) is 3.52. The third kappa shape index (κ3) is 4.03. The maximum atomic E-state index is 13.2. The Hall–Kier alpha value is -1.05. The van der Waals surface area contributed by atoms with Gasteiger partial charge in [-0.1, -0.05) is 6.92 Å². The molecular formula is C10H14F2N2O2S. The van der Waals surface area contributed by atoms with Crippen molar-refractivity contribution < 1.29 is 17.2 Å². The van der Waals surface area contributed by atoms with Crippen LogP contribution in [0.15, 0.2) is 23.1 Å². The van der Waals surface area contributed by atoms with E-state index in [1.54, 1.807) is 0 Å². The van der Waals surface area contributed by atoms with Crippen LogP contribution in [0.5, 0.6) is 0 Å². The normalized spacial score (nSPS) is 11.7. The van der Waals surface area contributed by atoms with E-state index in [1.807, 2.05) is 6.92 Å². The maximum absolute atomic E-state index is 13.2. The molecular weight excluding hydrogens is 250 g/mol. The Bertz CT molecular complexity index is 477. The Morgan fingerprint density at radius 2 is 1.94 bits per heavy atom. The van der Waals surface area contributed by atoms with Gasteiger partial charge in [0.05, 0.1) is 0 Å². The van der Waals surface area contributed by atoms with Crippen molar-refractivity contribution in [3.63, 3.8) is 0 Å². The van der Waals surface area contributed by atoms with E-state index < -0.39 is 26.6 Å². The zero-order valence-electron chi connectivity index (χ0n) is 9.33. The molecule has 0 saturated carbocycles. The van der Waals surface area contributed by atoms with Gasteiger partial charge in [0.2, 0.25) is 10.0 Å². The van der Waals surface area contributed by atoms with Crippen LogP contribution in [0.1, 0.15) is 6.92 Å². The molecule has 4 nitrogen and oxygen atoms in total. The van der Waals surface area contributed by atoms with Gasteiger partial charge in [-0.2, -0.15) is 0 Å². The van der Waals surface area contributed by atoms with Crippen LogP contribution >= 0.6 is 0 Å². The summed E-state index contributed by atoms with van der Waals surface area (Å²) in [6.07, 6.45) is 0. The lowest BCUT2D eigenvalue weighted by molar-refractivity contribution is 0.542. The number of hydrogen-bond donors (Lipinski definition) is 2. The van der Waals surface area contributed by atoms with E-state index in [-0.39, 0.29) is 6.54 Å². The van der Waals surface area contributed by atoms with Crippen molar-refractivity contribution in [2.45, 2.75) is 11.8 Å². The molecule has 96 valence electrons. The fraction of sp³-hybridized carbons (Fsp3) is 0.400. The molecule has 0 atom stereocenters. The average molecular weight is 264 g/mol. The summed E-state index contributed by atoms with van der Waals surface area (Å²) in [5.41, 5.74) is 0. The standard InChI is InChI=1S/C10H14F2N2O2S/c1-2-13-5-6-14-17(15,16)10-4-3-8(11)7-9(10)12/h3-4,7,13-14H,2,5-6H2,1H3. The van der Waals surface area contributed by atoms with Crippen molar-refractivity contribution in [3.05, 3.63) is 29.8 Å². The molecule has 1 rings (SSSR count). The van der Waals surface area contributed by atoms with Crippen LogP contribution < -0.4 is 10.0 Å². The highest BCUT2D eigenvalue weighted by Crippen LogP contribution is 2.14. The lowest BCUT2D eigenvalue weighted by Gasteiger charge is -2.07. The lowest BCUT2D eigenvalue weighted by atomic mass is 10.3. The minimum atomic E-state index is -3.92. The molecule has 2 N–H and O–H groups in total. The summed E-state index contributed by atoms with van der Waals surface area (Å²) in [5.74, 6) is -1.91. The van der Waals surface area contributed by atoms with Crippen LogP contribution in [0, 0.1) is 11.6 Å². The van der Waals surface area contributed by atoms with E-state index in [0.29, 0.717) is 19.2 Å². The predicted molar refractivity (Wildman–Crippen MR) is 60.1 cm³/mol. The smallest absolute Gasteiger partial charge is 0.243 e. The number of likely N-dealkylation sites (N-methyl/N-ethyl adjacent to an activating group) is 1. The highest BCUT2D eigenvalue weighted by molar-refractivity contribution is 7.89. The largest absolute Gasteiger partial charge is 0.316 e. The van der Waals surface area contributed by atoms with Crippen LogP contribution in [0.25, 0.3) is 0 Å². The zero-order chi connectivity index (χ0) is 12.9. The highest BCUT2D eigenvalue weighted by Gasteiger charge is 2.18. The topological polar surface area (TPSA) is 58.2 Å². The Labute approximate surface area is 99.1 Å². The second-order valence-electron chi connectivity index (χ2n) is 3.33. The van der Waals surface area contributed by atoms with Crippen molar-refractivity contribution in [2.75, 3.05) is 19.6 Å². The van der Waals surface area contributed by atoms with Crippen molar-refractivity contribution in [1.29, 1.82) is 0 Å². The average Bonchev–Trinajstić information content (AvgIpc) is 2.24. The van der Waals surface area contributed by atoms with Crippen LogP contribution in [-0.2, 0) is 10.0 Å². The van der Waals surface area contributed by atoms with E-state index in [1.165, 1.54) is 0 Å². The van der Waals surface area contributed by atoms with E-state index in [4.69, 9.17) is 0 Å². The number of hydrogen-bond acceptors (Lipinski definition) is 3. The molecule has 0 unspecified atom stereocenters. The molecule has 17 heavy (non-hydrogen) atoms. The van der Waals surface area contributed by atoms with Crippen LogP contribution in [0.2, 0.25) is 0 Å². The van der Waals surface area contributed by atoms with Crippen molar-refractivity contribution in [2.24, 2.45) is 0 Å². The first kappa shape index (κ1) is 14.0. The van der Waals surface area contributed by atoms with Gasteiger partial charge in [0, 0.05) is 19.2 Å². The molecule has 0 aliphatic rings. The Kier molecular flexibility index (Phi) is 4.98. The van der Waals surface area contributed by atoms with Gasteiger partial charge in [-0.3, -0.25) is 0 Å². The van der Waals surface area contributed by atoms with Gasteiger partial charge in [0.1, 0.15) is 16.5 Å². The molecule has 1 aromatic carbocycles. The highest BCUT2D eigenvalue weighted by atomic mass is 32.2. The fourth-order valence-electron chi connectivity index (χ4n) is 1.22. The van der Waals surface area contributed by atoms with Gasteiger partial charge in [-0.15, -0.1) is 0 Å². The first-order chi connectivity index (χ1) is 7.97. The molecule has 0 amide bonds. The van der Waals surface area contributed by atoms with E-state index in [2.05, 4.69) is 10.0 Å². The summed E-state index contributed by atoms with van der Waals surface area (Å²) < 4.78 is 51.3. The molecule has 0 heterocycles. The van der Waals surface area contributed by atoms with Crippen molar-refractivity contribution in [1.82, 2.24) is 10.0 Å². The van der Waals surface area contributed by atoms with Gasteiger partial charge in [0.15, 0.2) is 0 Å². The second kappa shape index (κ2) is 6.04. The Morgan fingerprint density at radius 1 is 1.24 bits per heavy atom. The van der Waals surface area contributed by atoms with E-state index >= 15 is 0 Å². The van der Waals surface area contributed by atoms with Crippen LogP contribution in [-0.4, -0.2) is 28.1 Å². The summed E-state index contributed by atoms with van der Waals surface area (Å²) in [7, 11) is -3.92. The first-order valence-electron chi connectivity index (χ1n) is 5.13. The Balaban J connectivity index is 2.76.